The number of carbonyl (C=O) groups excluding carboxylic acids is 1. The summed E-state index contributed by atoms with van der Waals surface area (Å²) in [6.07, 6.45) is 17.0. The van der Waals surface area contributed by atoms with Gasteiger partial charge >= 0.3 is 0 Å². The molecule has 3 heterocycles. The molecule has 53 heavy (non-hydrogen) atoms. The maximum Gasteiger partial charge on any atom is 0.264 e. The Kier molecular flexibility index (Phi) is 10.4. The molecule has 8 rings (SSSR count). The van der Waals surface area contributed by atoms with Gasteiger partial charge in [0.2, 0.25) is 10.0 Å². The second-order valence-corrected chi connectivity index (χ2v) is 20.0. The molecule has 10 heteroatoms. The number of nitrogens with one attached hydrogen (secondary N) is 1. The van der Waals surface area contributed by atoms with E-state index >= 15 is 0 Å². The first kappa shape index (κ1) is 37.3. The van der Waals surface area contributed by atoms with Crippen LogP contribution in [0.4, 0.5) is 5.69 Å². The van der Waals surface area contributed by atoms with Crippen molar-refractivity contribution in [2.24, 2.45) is 29.6 Å². The van der Waals surface area contributed by atoms with E-state index in [-0.39, 0.29) is 11.3 Å². The Balaban J connectivity index is 1.19. The van der Waals surface area contributed by atoms with E-state index in [0.29, 0.717) is 30.4 Å². The SMILES string of the molecule is CO[C@]1(CN2CC[C@H]3CCCC[C@@H]3C2)/C=C/C[C@H](C)[C@@H](C)S(=O)(=O)NC(=O)c2ccc3c(c2)N(C[C@@H]2CC[C@H]21)C[C@@]1(CCCc2cc(Cl)ccc21)CO3. The Labute approximate surface area is 322 Å². The molecule has 0 aromatic heterocycles. The molecule has 1 spiro atoms. The average molecular weight is 764 g/mol. The molecule has 3 aliphatic heterocycles. The number of carbonyl (C=O) groups is 1. The first-order chi connectivity index (χ1) is 25.5. The molecule has 6 aliphatic rings. The summed E-state index contributed by atoms with van der Waals surface area (Å²) >= 11 is 6.52. The van der Waals surface area contributed by atoms with E-state index in [1.165, 1.54) is 43.2 Å². The highest BCUT2D eigenvalue weighted by atomic mass is 35.5. The number of methoxy groups -OCH3 is 1. The van der Waals surface area contributed by atoms with E-state index in [0.717, 1.165) is 93.1 Å². The number of sulfonamides is 1. The van der Waals surface area contributed by atoms with Gasteiger partial charge in [0.15, 0.2) is 0 Å². The quantitative estimate of drug-likeness (QED) is 0.320. The molecule has 1 amide bonds. The third-order valence-corrected chi connectivity index (χ3v) is 16.6. The monoisotopic (exact) mass is 763 g/mol. The lowest BCUT2D eigenvalue weighted by atomic mass is 9.63. The third kappa shape index (κ3) is 7.18. The van der Waals surface area contributed by atoms with Crippen LogP contribution in [0.25, 0.3) is 0 Å². The fourth-order valence-corrected chi connectivity index (χ4v) is 12.5. The smallest absolute Gasteiger partial charge is 0.264 e. The zero-order valence-corrected chi connectivity index (χ0v) is 33.4. The van der Waals surface area contributed by atoms with E-state index < -0.39 is 26.8 Å². The summed E-state index contributed by atoms with van der Waals surface area (Å²) < 4.78 is 43.2. The fourth-order valence-electron chi connectivity index (χ4n) is 11.0. The summed E-state index contributed by atoms with van der Waals surface area (Å²) in [7, 11) is -2.06. The highest BCUT2D eigenvalue weighted by Crippen LogP contribution is 2.50. The standard InChI is InChI=1S/C43H58ClN3O5S/c1-29-8-6-20-43(51-3,27-46-21-18-31-9-4-5-10-34(31)24-46)38-15-12-35(38)25-47-26-42(19-7-11-32-22-36(44)14-16-37(32)42)28-52-40-17-13-33(23-39(40)47)41(48)45-53(49,50)30(29)2/h6,13-14,16-17,20,22-23,29-31,34-35,38H,4-5,7-12,15,18-19,21,24-28H2,1-3H3,(H,45,48)/b20-6+/t29-,30+,31+,34+,35-,38+,42-,43-/m0/s1. The van der Waals surface area contributed by atoms with E-state index in [9.17, 15) is 13.2 Å². The van der Waals surface area contributed by atoms with E-state index in [1.54, 1.807) is 13.0 Å². The van der Waals surface area contributed by atoms with Gasteiger partial charge in [-0.1, -0.05) is 56.0 Å². The van der Waals surface area contributed by atoms with Crippen molar-refractivity contribution in [3.05, 3.63) is 70.3 Å². The number of anilines is 1. The Hall–Kier alpha value is -2.59. The van der Waals surface area contributed by atoms with Gasteiger partial charge in [-0.05, 0) is 136 Å². The largest absolute Gasteiger partial charge is 0.490 e. The van der Waals surface area contributed by atoms with Crippen LogP contribution in [0.2, 0.25) is 5.02 Å². The van der Waals surface area contributed by atoms with Crippen molar-refractivity contribution < 1.29 is 22.7 Å². The summed E-state index contributed by atoms with van der Waals surface area (Å²) in [6.45, 7) is 8.82. The van der Waals surface area contributed by atoms with Crippen LogP contribution >= 0.6 is 11.6 Å². The van der Waals surface area contributed by atoms with Gasteiger partial charge < -0.3 is 14.4 Å². The summed E-state index contributed by atoms with van der Waals surface area (Å²) in [5, 5.41) is -0.00457. The Bertz CT molecular complexity index is 1840. The van der Waals surface area contributed by atoms with Crippen LogP contribution in [0.1, 0.15) is 99.5 Å². The lowest BCUT2D eigenvalue weighted by Gasteiger charge is -2.53. The molecule has 8 nitrogen and oxygen atoms in total. The molecule has 1 N–H and O–H groups in total. The molecule has 0 unspecified atom stereocenters. The molecule has 0 radical (unpaired) electrons. The first-order valence-corrected chi connectivity index (χ1v) is 22.2. The number of benzene rings is 2. The van der Waals surface area contributed by atoms with Crippen LogP contribution in [0.3, 0.4) is 0 Å². The van der Waals surface area contributed by atoms with Gasteiger partial charge in [0, 0.05) is 49.3 Å². The molecule has 2 bridgehead atoms. The number of halogens is 1. The first-order valence-electron chi connectivity index (χ1n) is 20.3. The van der Waals surface area contributed by atoms with Crippen LogP contribution < -0.4 is 14.4 Å². The number of fused-ring (bicyclic) bond motifs is 5. The maximum absolute atomic E-state index is 13.7. The van der Waals surface area contributed by atoms with Crippen LogP contribution in [0, 0.1) is 29.6 Å². The van der Waals surface area contributed by atoms with Gasteiger partial charge in [-0.2, -0.15) is 0 Å². The number of hydrogen-bond donors (Lipinski definition) is 1. The van der Waals surface area contributed by atoms with Gasteiger partial charge in [-0.15, -0.1) is 0 Å². The molecule has 3 fully saturated rings. The van der Waals surface area contributed by atoms with Crippen LogP contribution in [-0.2, 0) is 26.6 Å². The number of rotatable bonds is 3. The highest BCUT2D eigenvalue weighted by Gasteiger charge is 2.50. The third-order valence-electron chi connectivity index (χ3n) is 14.5. The van der Waals surface area contributed by atoms with Gasteiger partial charge in [0.25, 0.3) is 5.91 Å². The zero-order valence-electron chi connectivity index (χ0n) is 31.8. The molecule has 2 aromatic rings. The van der Waals surface area contributed by atoms with Crippen LogP contribution in [0.15, 0.2) is 48.6 Å². The molecular formula is C43H58ClN3O5S. The van der Waals surface area contributed by atoms with Crippen molar-refractivity contribution >= 4 is 33.2 Å². The molecular weight excluding hydrogens is 706 g/mol. The number of amides is 1. The van der Waals surface area contributed by atoms with E-state index in [1.807, 2.05) is 32.2 Å². The lowest BCUT2D eigenvalue weighted by Crippen LogP contribution is -2.58. The second-order valence-electron chi connectivity index (χ2n) is 17.5. The summed E-state index contributed by atoms with van der Waals surface area (Å²) in [5.41, 5.74) is 3.01. The topological polar surface area (TPSA) is 88.2 Å². The minimum atomic E-state index is -3.94. The Morgan fingerprint density at radius 1 is 0.981 bits per heavy atom. The number of hydrogen-bond acceptors (Lipinski definition) is 7. The highest BCUT2D eigenvalue weighted by molar-refractivity contribution is 7.90. The van der Waals surface area contributed by atoms with Gasteiger partial charge in [-0.25, -0.2) is 13.1 Å². The number of likely N-dealkylation sites (tertiary alicyclic amines) is 1. The summed E-state index contributed by atoms with van der Waals surface area (Å²) in [5.74, 6) is 2.22. The predicted molar refractivity (Wildman–Crippen MR) is 211 cm³/mol. The fraction of sp³-hybridized carbons (Fsp3) is 0.651. The lowest BCUT2D eigenvalue weighted by molar-refractivity contribution is -0.0987. The molecule has 288 valence electrons. The number of allylic oxidation sites excluding steroid dienone is 1. The van der Waals surface area contributed by atoms with Crippen molar-refractivity contribution in [2.75, 3.05) is 51.3 Å². The molecule has 2 aromatic carbocycles. The minimum Gasteiger partial charge on any atom is -0.490 e. The zero-order chi connectivity index (χ0) is 37.0. The number of aryl methyl sites for hydroxylation is 1. The summed E-state index contributed by atoms with van der Waals surface area (Å²) in [4.78, 5) is 18.8. The van der Waals surface area contributed by atoms with E-state index in [4.69, 9.17) is 21.1 Å². The molecule has 1 saturated heterocycles. The maximum atomic E-state index is 13.7. The van der Waals surface area contributed by atoms with Crippen LogP contribution in [-0.4, -0.2) is 76.5 Å². The second kappa shape index (κ2) is 14.8. The van der Waals surface area contributed by atoms with Crippen molar-refractivity contribution in [2.45, 2.75) is 101 Å². The van der Waals surface area contributed by atoms with Crippen molar-refractivity contribution in [3.63, 3.8) is 0 Å². The van der Waals surface area contributed by atoms with Gasteiger partial charge in [-0.3, -0.25) is 9.69 Å². The van der Waals surface area contributed by atoms with Gasteiger partial charge in [0.1, 0.15) is 11.4 Å². The number of nitrogens with zero attached hydrogens (tertiary/aromatic N) is 2. The Morgan fingerprint density at radius 3 is 2.60 bits per heavy atom. The number of piperidine rings is 1. The molecule has 3 aliphatic carbocycles. The van der Waals surface area contributed by atoms with E-state index in [2.05, 4.69) is 38.8 Å². The van der Waals surface area contributed by atoms with Crippen LogP contribution in [0.5, 0.6) is 5.75 Å². The predicted octanol–water partition coefficient (Wildman–Crippen LogP) is 7.78. The van der Waals surface area contributed by atoms with Crippen molar-refractivity contribution in [1.29, 1.82) is 0 Å². The average Bonchev–Trinajstić information content (AvgIpc) is 3.28. The van der Waals surface area contributed by atoms with Crippen molar-refractivity contribution in [3.8, 4) is 5.75 Å². The molecule has 8 atom stereocenters. The van der Waals surface area contributed by atoms with Gasteiger partial charge in [0.05, 0.1) is 17.5 Å². The number of ether oxygens (including phenoxy) is 2. The Morgan fingerprint density at radius 2 is 1.81 bits per heavy atom. The normalized spacial score (nSPS) is 36.5. The summed E-state index contributed by atoms with van der Waals surface area (Å²) in [6, 6.07) is 11.7. The molecule has 2 saturated carbocycles. The van der Waals surface area contributed by atoms with Crippen molar-refractivity contribution in [1.82, 2.24) is 9.62 Å². The minimum absolute atomic E-state index is 0.199.